The Bertz CT molecular complexity index is 383. The summed E-state index contributed by atoms with van der Waals surface area (Å²) in [6, 6.07) is 6.94. The molecule has 1 aliphatic rings. The third kappa shape index (κ3) is 3.16. The highest BCUT2D eigenvalue weighted by Crippen LogP contribution is 2.23. The number of nitrogen functional groups attached to an aromatic ring is 1. The summed E-state index contributed by atoms with van der Waals surface area (Å²) in [5, 5.41) is 3.44. The molecule has 3 nitrogen and oxygen atoms in total. The molecule has 1 aliphatic carbocycles. The first-order chi connectivity index (χ1) is 8.68. The van der Waals surface area contributed by atoms with Crippen LogP contribution < -0.4 is 11.1 Å². The SMILES string of the molecule is Cc1cccc(NCCN(C)C2CCCC2)c1N. The predicted molar refractivity (Wildman–Crippen MR) is 79.0 cm³/mol. The number of rotatable bonds is 5. The largest absolute Gasteiger partial charge is 0.397 e. The molecule has 3 N–H and O–H groups in total. The Morgan fingerprint density at radius 2 is 2.06 bits per heavy atom. The van der Waals surface area contributed by atoms with E-state index in [4.69, 9.17) is 5.73 Å². The van der Waals surface area contributed by atoms with Gasteiger partial charge in [-0.25, -0.2) is 0 Å². The van der Waals surface area contributed by atoms with Crippen molar-refractivity contribution in [2.75, 3.05) is 31.2 Å². The fourth-order valence-electron chi connectivity index (χ4n) is 2.73. The fourth-order valence-corrected chi connectivity index (χ4v) is 2.73. The zero-order chi connectivity index (χ0) is 13.0. The average molecular weight is 247 g/mol. The van der Waals surface area contributed by atoms with Gasteiger partial charge >= 0.3 is 0 Å². The lowest BCUT2D eigenvalue weighted by atomic mass is 10.1. The van der Waals surface area contributed by atoms with Crippen LogP contribution in [0.2, 0.25) is 0 Å². The number of hydrogen-bond donors (Lipinski definition) is 2. The summed E-state index contributed by atoms with van der Waals surface area (Å²) < 4.78 is 0. The highest BCUT2D eigenvalue weighted by Gasteiger charge is 2.18. The van der Waals surface area contributed by atoms with Crippen LogP contribution in [0.3, 0.4) is 0 Å². The van der Waals surface area contributed by atoms with Gasteiger partial charge in [0, 0.05) is 19.1 Å². The van der Waals surface area contributed by atoms with Crippen molar-refractivity contribution in [1.29, 1.82) is 0 Å². The van der Waals surface area contributed by atoms with Gasteiger partial charge in [-0.1, -0.05) is 25.0 Å². The van der Waals surface area contributed by atoms with E-state index in [1.54, 1.807) is 0 Å². The second-order valence-corrected chi connectivity index (χ2v) is 5.38. The monoisotopic (exact) mass is 247 g/mol. The van der Waals surface area contributed by atoms with Crippen molar-refractivity contribution >= 4 is 11.4 Å². The van der Waals surface area contributed by atoms with Crippen molar-refractivity contribution < 1.29 is 0 Å². The minimum Gasteiger partial charge on any atom is -0.397 e. The summed E-state index contributed by atoms with van der Waals surface area (Å²) in [4.78, 5) is 2.48. The molecule has 100 valence electrons. The molecule has 0 saturated heterocycles. The summed E-state index contributed by atoms with van der Waals surface area (Å²) in [6.45, 7) is 4.09. The summed E-state index contributed by atoms with van der Waals surface area (Å²) in [6.07, 6.45) is 5.52. The second-order valence-electron chi connectivity index (χ2n) is 5.38. The lowest BCUT2D eigenvalue weighted by Crippen LogP contribution is -2.33. The maximum absolute atomic E-state index is 6.05. The van der Waals surface area contributed by atoms with Crippen LogP contribution in [0.5, 0.6) is 0 Å². The van der Waals surface area contributed by atoms with Crippen LogP contribution in [-0.2, 0) is 0 Å². The maximum atomic E-state index is 6.05. The summed E-state index contributed by atoms with van der Waals surface area (Å²) in [7, 11) is 2.23. The summed E-state index contributed by atoms with van der Waals surface area (Å²) >= 11 is 0. The van der Waals surface area contributed by atoms with E-state index < -0.39 is 0 Å². The van der Waals surface area contributed by atoms with Gasteiger partial charge in [0.1, 0.15) is 0 Å². The van der Waals surface area contributed by atoms with Gasteiger partial charge in [-0.2, -0.15) is 0 Å². The van der Waals surface area contributed by atoms with Crippen molar-refractivity contribution in [3.63, 3.8) is 0 Å². The van der Waals surface area contributed by atoms with Crippen molar-refractivity contribution in [3.05, 3.63) is 23.8 Å². The van der Waals surface area contributed by atoms with Gasteiger partial charge in [-0.3, -0.25) is 0 Å². The molecular weight excluding hydrogens is 222 g/mol. The van der Waals surface area contributed by atoms with Gasteiger partial charge in [0.15, 0.2) is 0 Å². The molecule has 0 amide bonds. The Balaban J connectivity index is 1.79. The van der Waals surface area contributed by atoms with Crippen molar-refractivity contribution in [2.24, 2.45) is 0 Å². The van der Waals surface area contributed by atoms with E-state index >= 15 is 0 Å². The number of nitrogens with two attached hydrogens (primary N) is 1. The van der Waals surface area contributed by atoms with Crippen LogP contribution in [0.4, 0.5) is 11.4 Å². The Morgan fingerprint density at radius 1 is 1.33 bits per heavy atom. The summed E-state index contributed by atoms with van der Waals surface area (Å²) in [5.74, 6) is 0. The molecular formula is C15H25N3. The van der Waals surface area contributed by atoms with E-state index in [0.29, 0.717) is 0 Å². The van der Waals surface area contributed by atoms with Gasteiger partial charge in [-0.05, 0) is 38.4 Å². The number of nitrogens with zero attached hydrogens (tertiary/aromatic N) is 1. The Hall–Kier alpha value is -1.22. The predicted octanol–water partition coefficient (Wildman–Crippen LogP) is 2.86. The molecule has 0 aliphatic heterocycles. The van der Waals surface area contributed by atoms with Gasteiger partial charge in [-0.15, -0.1) is 0 Å². The van der Waals surface area contributed by atoms with Crippen LogP contribution in [0.15, 0.2) is 18.2 Å². The van der Waals surface area contributed by atoms with Crippen LogP contribution in [-0.4, -0.2) is 31.1 Å². The van der Waals surface area contributed by atoms with E-state index in [2.05, 4.69) is 29.4 Å². The smallest absolute Gasteiger partial charge is 0.0579 e. The molecule has 1 aromatic rings. The first kappa shape index (κ1) is 13.2. The van der Waals surface area contributed by atoms with Crippen LogP contribution in [0.25, 0.3) is 0 Å². The van der Waals surface area contributed by atoms with Gasteiger partial charge in [0.2, 0.25) is 0 Å². The Labute approximate surface area is 110 Å². The number of likely N-dealkylation sites (N-methyl/N-ethyl adjacent to an activating group) is 1. The first-order valence-corrected chi connectivity index (χ1v) is 6.97. The molecule has 0 spiro atoms. The van der Waals surface area contributed by atoms with Crippen LogP contribution in [0.1, 0.15) is 31.2 Å². The molecule has 18 heavy (non-hydrogen) atoms. The molecule has 0 heterocycles. The zero-order valence-corrected chi connectivity index (χ0v) is 11.6. The molecule has 0 radical (unpaired) electrons. The normalized spacial score (nSPS) is 16.4. The van der Waals surface area contributed by atoms with E-state index in [-0.39, 0.29) is 0 Å². The minimum atomic E-state index is 0.793. The third-order valence-corrected chi connectivity index (χ3v) is 4.05. The molecule has 1 fully saturated rings. The standard InChI is InChI=1S/C15H25N3/c1-12-6-5-9-14(15(12)16)17-10-11-18(2)13-7-3-4-8-13/h5-6,9,13,17H,3-4,7-8,10-11,16H2,1-2H3. The molecule has 1 aromatic carbocycles. The number of anilines is 2. The third-order valence-electron chi connectivity index (χ3n) is 4.05. The average Bonchev–Trinajstić information content (AvgIpc) is 2.88. The van der Waals surface area contributed by atoms with E-state index in [1.807, 2.05) is 13.0 Å². The highest BCUT2D eigenvalue weighted by atomic mass is 15.1. The Kier molecular flexibility index (Phi) is 4.48. The van der Waals surface area contributed by atoms with Gasteiger partial charge in [0.05, 0.1) is 11.4 Å². The minimum absolute atomic E-state index is 0.793. The molecule has 0 aromatic heterocycles. The van der Waals surface area contributed by atoms with Gasteiger partial charge in [0.25, 0.3) is 0 Å². The topological polar surface area (TPSA) is 41.3 Å². The molecule has 0 unspecified atom stereocenters. The number of hydrogen-bond acceptors (Lipinski definition) is 3. The van der Waals surface area contributed by atoms with E-state index in [9.17, 15) is 0 Å². The highest BCUT2D eigenvalue weighted by molar-refractivity contribution is 5.69. The van der Waals surface area contributed by atoms with Crippen LogP contribution >= 0.6 is 0 Å². The first-order valence-electron chi connectivity index (χ1n) is 6.97. The second kappa shape index (κ2) is 6.10. The molecule has 2 rings (SSSR count). The van der Waals surface area contributed by atoms with Crippen molar-refractivity contribution in [1.82, 2.24) is 4.90 Å². The molecule has 1 saturated carbocycles. The van der Waals surface area contributed by atoms with Gasteiger partial charge < -0.3 is 16.0 Å². The Morgan fingerprint density at radius 3 is 2.78 bits per heavy atom. The van der Waals surface area contributed by atoms with E-state index in [0.717, 1.165) is 36.1 Å². The van der Waals surface area contributed by atoms with Crippen molar-refractivity contribution in [2.45, 2.75) is 38.6 Å². The summed E-state index contributed by atoms with van der Waals surface area (Å²) in [5.41, 5.74) is 9.13. The lowest BCUT2D eigenvalue weighted by Gasteiger charge is -2.24. The van der Waals surface area contributed by atoms with Crippen molar-refractivity contribution in [3.8, 4) is 0 Å². The lowest BCUT2D eigenvalue weighted by molar-refractivity contribution is 0.254. The van der Waals surface area contributed by atoms with Crippen LogP contribution in [0, 0.1) is 6.92 Å². The number of para-hydroxylation sites is 1. The number of benzene rings is 1. The molecule has 0 bridgehead atoms. The molecule has 0 atom stereocenters. The quantitative estimate of drug-likeness (QED) is 0.786. The maximum Gasteiger partial charge on any atom is 0.0579 e. The number of aryl methyl sites for hydroxylation is 1. The fraction of sp³-hybridized carbons (Fsp3) is 0.600. The number of nitrogens with one attached hydrogen (secondary N) is 1. The zero-order valence-electron chi connectivity index (χ0n) is 11.6. The van der Waals surface area contributed by atoms with E-state index in [1.165, 1.54) is 25.7 Å². The molecule has 3 heteroatoms.